The highest BCUT2D eigenvalue weighted by molar-refractivity contribution is 7.45. The molecular formula is C68H125N2O6P. The minimum atomic E-state index is -4.61. The zero-order valence-corrected chi connectivity index (χ0v) is 52.0. The Balaban J connectivity index is 4.08. The van der Waals surface area contributed by atoms with Crippen LogP contribution in [-0.2, 0) is 18.4 Å². The predicted molar refractivity (Wildman–Crippen MR) is 334 cm³/mol. The Labute approximate surface area is 477 Å². The van der Waals surface area contributed by atoms with Crippen LogP contribution >= 0.6 is 7.82 Å². The highest BCUT2D eigenvalue weighted by Crippen LogP contribution is 2.38. The van der Waals surface area contributed by atoms with Crippen LogP contribution in [-0.4, -0.2) is 68.5 Å². The Morgan fingerprint density at radius 2 is 0.805 bits per heavy atom. The number of hydrogen-bond acceptors (Lipinski definition) is 6. The summed E-state index contributed by atoms with van der Waals surface area (Å²) in [6.45, 7) is 4.54. The molecule has 9 heteroatoms. The summed E-state index contributed by atoms with van der Waals surface area (Å²) in [6.07, 6.45) is 82.6. The van der Waals surface area contributed by atoms with Gasteiger partial charge in [-0.05, 0) is 77.0 Å². The topological polar surface area (TPSA) is 108 Å². The van der Waals surface area contributed by atoms with Gasteiger partial charge in [0, 0.05) is 6.42 Å². The molecule has 0 aromatic heterocycles. The third-order valence-electron chi connectivity index (χ3n) is 14.3. The smallest absolute Gasteiger partial charge is 0.268 e. The zero-order valence-electron chi connectivity index (χ0n) is 51.1. The molecule has 0 aromatic carbocycles. The van der Waals surface area contributed by atoms with Gasteiger partial charge < -0.3 is 28.8 Å². The average Bonchev–Trinajstić information content (AvgIpc) is 3.39. The summed E-state index contributed by atoms with van der Waals surface area (Å²) in [5.41, 5.74) is 0. The first kappa shape index (κ1) is 74.7. The van der Waals surface area contributed by atoms with Crippen LogP contribution in [0.1, 0.15) is 290 Å². The van der Waals surface area contributed by atoms with E-state index in [1.807, 2.05) is 27.2 Å². The number of nitrogens with one attached hydrogen (secondary N) is 1. The van der Waals surface area contributed by atoms with E-state index in [0.29, 0.717) is 17.4 Å². The maximum atomic E-state index is 13.0. The Kier molecular flexibility index (Phi) is 56.6. The molecule has 0 bridgehead atoms. The number of likely N-dealkylation sites (N-methyl/N-ethyl adjacent to an activating group) is 1. The fourth-order valence-electron chi connectivity index (χ4n) is 9.32. The van der Waals surface area contributed by atoms with Crippen molar-refractivity contribution in [3.8, 4) is 0 Å². The van der Waals surface area contributed by atoms with Crippen molar-refractivity contribution in [1.29, 1.82) is 0 Å². The normalized spacial score (nSPS) is 14.3. The number of carbonyl (C=O) groups is 1. The number of rotatable bonds is 59. The second-order valence-corrected chi connectivity index (χ2v) is 24.5. The first-order valence-electron chi connectivity index (χ1n) is 32.4. The molecule has 0 rings (SSSR count). The Bertz CT molecular complexity index is 1530. The first-order chi connectivity index (χ1) is 37.5. The number of allylic oxidation sites excluding steroid dienone is 13. The van der Waals surface area contributed by atoms with Crippen molar-refractivity contribution in [2.75, 3.05) is 40.9 Å². The lowest BCUT2D eigenvalue weighted by atomic mass is 10.0. The molecular weight excluding hydrogens is 972 g/mol. The molecule has 0 saturated carbocycles. The maximum absolute atomic E-state index is 13.0. The molecule has 3 atom stereocenters. The van der Waals surface area contributed by atoms with E-state index in [1.165, 1.54) is 199 Å². The van der Waals surface area contributed by atoms with Crippen molar-refractivity contribution in [2.24, 2.45) is 0 Å². The van der Waals surface area contributed by atoms with Gasteiger partial charge in [-0.25, -0.2) is 0 Å². The van der Waals surface area contributed by atoms with Gasteiger partial charge in [0.2, 0.25) is 5.91 Å². The second kappa shape index (κ2) is 58.3. The van der Waals surface area contributed by atoms with Crippen LogP contribution < -0.4 is 10.2 Å². The highest BCUT2D eigenvalue weighted by Gasteiger charge is 2.23. The Morgan fingerprint density at radius 3 is 1.21 bits per heavy atom. The maximum Gasteiger partial charge on any atom is 0.268 e. The number of nitrogens with zero attached hydrogens (tertiary/aromatic N) is 1. The summed E-state index contributed by atoms with van der Waals surface area (Å²) in [7, 11) is 1.25. The lowest BCUT2D eigenvalue weighted by molar-refractivity contribution is -0.870. The van der Waals surface area contributed by atoms with Gasteiger partial charge in [-0.1, -0.05) is 292 Å². The molecule has 1 amide bonds. The third kappa shape index (κ3) is 61.2. The predicted octanol–water partition coefficient (Wildman–Crippen LogP) is 19.7. The molecule has 0 saturated heterocycles. The third-order valence-corrected chi connectivity index (χ3v) is 15.3. The quantitative estimate of drug-likeness (QED) is 0.0272. The van der Waals surface area contributed by atoms with Gasteiger partial charge in [0.25, 0.3) is 7.82 Å². The van der Waals surface area contributed by atoms with Crippen molar-refractivity contribution >= 4 is 13.7 Å². The van der Waals surface area contributed by atoms with E-state index in [4.69, 9.17) is 9.05 Å². The molecule has 3 unspecified atom stereocenters. The van der Waals surface area contributed by atoms with Gasteiger partial charge >= 0.3 is 0 Å². The van der Waals surface area contributed by atoms with Gasteiger partial charge in [-0.15, -0.1) is 0 Å². The molecule has 448 valence electrons. The van der Waals surface area contributed by atoms with Crippen LogP contribution in [0.2, 0.25) is 0 Å². The molecule has 0 aliphatic heterocycles. The lowest BCUT2D eigenvalue weighted by Crippen LogP contribution is -2.45. The van der Waals surface area contributed by atoms with Crippen LogP contribution in [0, 0.1) is 0 Å². The van der Waals surface area contributed by atoms with Crippen molar-refractivity contribution in [3.63, 3.8) is 0 Å². The van der Waals surface area contributed by atoms with Crippen LogP contribution in [0.5, 0.6) is 0 Å². The summed E-state index contributed by atoms with van der Waals surface area (Å²) < 4.78 is 23.4. The van der Waals surface area contributed by atoms with Crippen LogP contribution in [0.15, 0.2) is 85.1 Å². The van der Waals surface area contributed by atoms with E-state index >= 15 is 0 Å². The first-order valence-corrected chi connectivity index (χ1v) is 33.9. The van der Waals surface area contributed by atoms with Crippen molar-refractivity contribution in [1.82, 2.24) is 5.32 Å². The Morgan fingerprint density at radius 1 is 0.468 bits per heavy atom. The minimum Gasteiger partial charge on any atom is -0.756 e. The molecule has 0 aliphatic carbocycles. The largest absolute Gasteiger partial charge is 0.756 e. The average molecular weight is 1100 g/mol. The monoisotopic (exact) mass is 1100 g/mol. The number of aliphatic hydroxyl groups excluding tert-OH is 1. The SMILES string of the molecule is CC/C=C\C/C=C\C/C=C\C/C=C\C/C=C\CCCCCCCCCCCCCCCCCCCCCC(=O)NC(COP(=O)([O-])OCC[N+](C)(C)C)C(O)/C=C/CC/C=C/CCCCCCCCCCCCCCCC. The van der Waals surface area contributed by atoms with E-state index in [0.717, 1.165) is 70.6 Å². The van der Waals surface area contributed by atoms with Crippen molar-refractivity contribution in [2.45, 2.75) is 302 Å². The number of hydrogen-bond donors (Lipinski definition) is 2. The highest BCUT2D eigenvalue weighted by atomic mass is 31.2. The van der Waals surface area contributed by atoms with E-state index in [1.54, 1.807) is 6.08 Å². The van der Waals surface area contributed by atoms with E-state index in [2.05, 4.69) is 92.1 Å². The van der Waals surface area contributed by atoms with E-state index < -0.39 is 26.6 Å². The number of amides is 1. The zero-order chi connectivity index (χ0) is 56.3. The van der Waals surface area contributed by atoms with E-state index in [-0.39, 0.29) is 12.5 Å². The Hall–Kier alpha value is -2.32. The standard InChI is InChI=1S/C68H125N2O6P/c1-6-8-10-12-14-16-18-20-22-24-26-28-29-30-31-32-33-34-35-36-37-38-39-40-41-42-44-46-48-50-52-54-56-58-60-62-68(72)69-66(65-76-77(73,74)75-64-63-70(3,4)5)67(71)61-59-57-55-53-51-49-47-45-43-27-25-23-21-19-17-15-13-11-9-7-2/h8,10,14,16,20,22,26,28,30-31,51,53,59,61,66-67,71H,6-7,9,11-13,15,17-19,21,23-25,27,29,32-50,52,54-58,60,62-65H2,1-5H3,(H-,69,72,73,74)/b10-8-,16-14-,22-20-,28-26-,31-30-,53-51+,61-59+. The fourth-order valence-corrected chi connectivity index (χ4v) is 10.0. The van der Waals surface area contributed by atoms with Gasteiger partial charge in [-0.3, -0.25) is 9.36 Å². The second-order valence-electron chi connectivity index (χ2n) is 23.1. The lowest BCUT2D eigenvalue weighted by Gasteiger charge is -2.29. The molecule has 8 nitrogen and oxygen atoms in total. The van der Waals surface area contributed by atoms with Crippen LogP contribution in [0.3, 0.4) is 0 Å². The number of quaternary nitrogens is 1. The minimum absolute atomic E-state index is 0.00746. The molecule has 0 aromatic rings. The summed E-state index contributed by atoms with van der Waals surface area (Å²) >= 11 is 0. The number of phosphoric ester groups is 1. The van der Waals surface area contributed by atoms with Crippen molar-refractivity contribution in [3.05, 3.63) is 85.1 Å². The van der Waals surface area contributed by atoms with Crippen molar-refractivity contribution < 1.29 is 32.9 Å². The van der Waals surface area contributed by atoms with Crippen LogP contribution in [0.4, 0.5) is 0 Å². The van der Waals surface area contributed by atoms with Gasteiger partial charge in [0.1, 0.15) is 13.2 Å². The van der Waals surface area contributed by atoms with Gasteiger partial charge in [0.05, 0.1) is 39.9 Å². The molecule has 0 radical (unpaired) electrons. The number of unbranched alkanes of at least 4 members (excludes halogenated alkanes) is 34. The number of aliphatic hydroxyl groups is 1. The fraction of sp³-hybridized carbons (Fsp3) is 0.779. The molecule has 0 spiro atoms. The summed E-state index contributed by atoms with van der Waals surface area (Å²) in [6, 6.07) is -0.906. The number of phosphoric acid groups is 1. The molecule has 77 heavy (non-hydrogen) atoms. The summed E-state index contributed by atoms with van der Waals surface area (Å²) in [4.78, 5) is 25.6. The summed E-state index contributed by atoms with van der Waals surface area (Å²) in [5, 5.41) is 13.9. The molecule has 0 aliphatic rings. The van der Waals surface area contributed by atoms with Crippen LogP contribution in [0.25, 0.3) is 0 Å². The number of carbonyl (C=O) groups excluding carboxylic acids is 1. The van der Waals surface area contributed by atoms with E-state index in [9.17, 15) is 19.4 Å². The molecule has 0 fully saturated rings. The molecule has 0 heterocycles. The molecule has 2 N–H and O–H groups in total. The van der Waals surface area contributed by atoms with Gasteiger partial charge in [0.15, 0.2) is 0 Å². The van der Waals surface area contributed by atoms with Gasteiger partial charge in [-0.2, -0.15) is 0 Å². The summed E-state index contributed by atoms with van der Waals surface area (Å²) in [5.74, 6) is -0.205.